The zero-order valence-electron chi connectivity index (χ0n) is 8.36. The van der Waals surface area contributed by atoms with Crippen molar-refractivity contribution < 1.29 is 24.7 Å². The van der Waals surface area contributed by atoms with Crippen molar-refractivity contribution >= 4 is 23.3 Å². The normalized spacial score (nSPS) is 8.53. The summed E-state index contributed by atoms with van der Waals surface area (Å²) in [5.74, 6) is 1.39. The van der Waals surface area contributed by atoms with E-state index < -0.39 is 16.9 Å². The summed E-state index contributed by atoms with van der Waals surface area (Å²) in [4.78, 5) is 28.0. The quantitative estimate of drug-likeness (QED) is 0.245. The van der Waals surface area contributed by atoms with Crippen LogP contribution in [0.25, 0.3) is 0 Å². The van der Waals surface area contributed by atoms with Gasteiger partial charge in [0.1, 0.15) is 5.69 Å². The van der Waals surface area contributed by atoms with Gasteiger partial charge in [0.25, 0.3) is 5.69 Å². The summed E-state index contributed by atoms with van der Waals surface area (Å²) < 4.78 is 0. The summed E-state index contributed by atoms with van der Waals surface area (Å²) in [7, 11) is 0. The third kappa shape index (κ3) is 5.09. The Morgan fingerprint density at radius 1 is 1.24 bits per heavy atom. The van der Waals surface area contributed by atoms with Crippen molar-refractivity contribution in [3.63, 3.8) is 0 Å². The molecular weight excluding hydrogens is 234 g/mol. The molecule has 1 rings (SSSR count). The number of nitrogens with zero attached hydrogens (tertiary/aromatic N) is 1. The number of carbonyl (C=O) groups is 2. The fourth-order valence-corrected chi connectivity index (χ4v) is 0.755. The smallest absolute Gasteiger partial charge is 0.414 e. The Bertz CT molecular complexity index is 421. The molecule has 9 nitrogen and oxygen atoms in total. The Labute approximate surface area is 94.6 Å². The molecule has 0 radical (unpaired) electrons. The van der Waals surface area contributed by atoms with Crippen LogP contribution in [0.15, 0.2) is 24.3 Å². The van der Waals surface area contributed by atoms with Gasteiger partial charge < -0.3 is 15.6 Å². The van der Waals surface area contributed by atoms with Crippen LogP contribution in [0.3, 0.4) is 0 Å². The number of para-hydroxylation sites is 2. The first kappa shape index (κ1) is 14.3. The van der Waals surface area contributed by atoms with Crippen LogP contribution >= 0.6 is 0 Å². The summed E-state index contributed by atoms with van der Waals surface area (Å²) in [5, 5.41) is 25.1. The van der Waals surface area contributed by atoms with Crippen LogP contribution in [-0.2, 0) is 9.59 Å². The Kier molecular flexibility index (Phi) is 5.68. The molecule has 0 aromatic heterocycles. The van der Waals surface area contributed by atoms with Crippen molar-refractivity contribution in [3.8, 4) is 0 Å². The third-order valence-electron chi connectivity index (χ3n) is 1.44. The second kappa shape index (κ2) is 6.74. The summed E-state index contributed by atoms with van der Waals surface area (Å²) in [6.07, 6.45) is 0. The summed E-state index contributed by atoms with van der Waals surface area (Å²) in [6, 6.07) is 6.18. The largest absolute Gasteiger partial charge is 0.473 e. The number of nitrogen functional groups attached to an aromatic ring is 1. The second-order valence-corrected chi connectivity index (χ2v) is 2.53. The number of hydrogen-bond donors (Lipinski definition) is 4. The van der Waals surface area contributed by atoms with Crippen molar-refractivity contribution in [1.82, 2.24) is 0 Å². The molecule has 0 spiro atoms. The zero-order valence-corrected chi connectivity index (χ0v) is 8.36. The molecule has 0 amide bonds. The first-order valence-corrected chi connectivity index (χ1v) is 4.06. The van der Waals surface area contributed by atoms with Crippen LogP contribution in [0.2, 0.25) is 0 Å². The maximum Gasteiger partial charge on any atom is 0.414 e. The van der Waals surface area contributed by atoms with Gasteiger partial charge >= 0.3 is 11.9 Å². The van der Waals surface area contributed by atoms with Gasteiger partial charge in [-0.05, 0) is 6.07 Å². The highest BCUT2D eigenvalue weighted by molar-refractivity contribution is 6.27. The molecule has 1 aromatic rings. The average Bonchev–Trinajstić information content (AvgIpc) is 2.29. The van der Waals surface area contributed by atoms with Crippen LogP contribution < -0.4 is 11.3 Å². The van der Waals surface area contributed by atoms with E-state index in [4.69, 9.17) is 25.6 Å². The summed E-state index contributed by atoms with van der Waals surface area (Å²) in [5.41, 5.74) is 2.53. The fraction of sp³-hybridized carbons (Fsp3) is 0. The van der Waals surface area contributed by atoms with Gasteiger partial charge in [-0.3, -0.25) is 16.0 Å². The lowest BCUT2D eigenvalue weighted by Gasteiger charge is -1.98. The Balaban J connectivity index is 0.000000366. The number of benzene rings is 1. The van der Waals surface area contributed by atoms with Gasteiger partial charge in [-0.25, -0.2) is 9.59 Å². The minimum absolute atomic E-state index is 0.0185. The predicted octanol–water partition coefficient (Wildman–Crippen LogP) is 0.0360. The highest BCUT2D eigenvalue weighted by Gasteiger charge is 2.09. The molecular formula is C8H9N3O6. The molecule has 5 N–H and O–H groups in total. The molecule has 0 aliphatic carbocycles. The number of carboxylic acids is 2. The molecule has 0 aliphatic heterocycles. The van der Waals surface area contributed by atoms with Crippen LogP contribution in [0.1, 0.15) is 0 Å². The van der Waals surface area contributed by atoms with Crippen molar-refractivity contribution in [3.05, 3.63) is 34.4 Å². The molecule has 1 aromatic carbocycles. The van der Waals surface area contributed by atoms with Gasteiger partial charge in [0, 0.05) is 6.07 Å². The maximum absolute atomic E-state index is 10.3. The minimum atomic E-state index is -1.82. The van der Waals surface area contributed by atoms with Crippen LogP contribution in [0.4, 0.5) is 11.4 Å². The van der Waals surface area contributed by atoms with E-state index in [-0.39, 0.29) is 5.69 Å². The first-order valence-electron chi connectivity index (χ1n) is 4.06. The lowest BCUT2D eigenvalue weighted by Crippen LogP contribution is -2.09. The van der Waals surface area contributed by atoms with Gasteiger partial charge in [0.05, 0.1) is 4.92 Å². The standard InChI is InChI=1S/C6H7N3O2.C2H2O4/c7-8-5-3-1-2-4-6(5)9(10)11;3-1(4)2(5)6/h1-4,8H,7H2;(H,3,4)(H,5,6). The third-order valence-corrected chi connectivity index (χ3v) is 1.44. The zero-order chi connectivity index (χ0) is 13.4. The van der Waals surface area contributed by atoms with E-state index in [1.165, 1.54) is 12.1 Å². The van der Waals surface area contributed by atoms with Crippen LogP contribution in [-0.4, -0.2) is 27.1 Å². The molecule has 0 saturated heterocycles. The minimum Gasteiger partial charge on any atom is -0.473 e. The van der Waals surface area contributed by atoms with Gasteiger partial charge in [0.15, 0.2) is 0 Å². The molecule has 0 fully saturated rings. The molecule has 9 heteroatoms. The van der Waals surface area contributed by atoms with Crippen molar-refractivity contribution in [2.24, 2.45) is 5.84 Å². The number of nitro groups is 1. The number of rotatable bonds is 2. The summed E-state index contributed by atoms with van der Waals surface area (Å²) in [6.45, 7) is 0. The van der Waals surface area contributed by atoms with Crippen LogP contribution in [0.5, 0.6) is 0 Å². The monoisotopic (exact) mass is 243 g/mol. The highest BCUT2D eigenvalue weighted by Crippen LogP contribution is 2.21. The highest BCUT2D eigenvalue weighted by atomic mass is 16.6. The number of nitrogens with two attached hydrogens (primary N) is 1. The number of nitro benzene ring substituents is 1. The number of hydrogen-bond acceptors (Lipinski definition) is 6. The number of aliphatic carboxylic acids is 2. The van der Waals surface area contributed by atoms with Crippen molar-refractivity contribution in [2.45, 2.75) is 0 Å². The number of anilines is 1. The molecule has 92 valence electrons. The number of hydrazine groups is 1. The SMILES string of the molecule is NNc1ccccc1[N+](=O)[O-].O=C(O)C(=O)O. The van der Waals surface area contributed by atoms with E-state index in [1.807, 2.05) is 0 Å². The van der Waals surface area contributed by atoms with E-state index in [2.05, 4.69) is 5.43 Å². The number of nitrogens with one attached hydrogen (secondary N) is 1. The van der Waals surface area contributed by atoms with Crippen molar-refractivity contribution in [2.75, 3.05) is 5.43 Å². The second-order valence-electron chi connectivity index (χ2n) is 2.53. The van der Waals surface area contributed by atoms with Crippen LogP contribution in [0, 0.1) is 10.1 Å². The van der Waals surface area contributed by atoms with Gasteiger partial charge in [-0.15, -0.1) is 0 Å². The Hall–Kier alpha value is -2.68. The predicted molar refractivity (Wildman–Crippen MR) is 56.2 cm³/mol. The van der Waals surface area contributed by atoms with Gasteiger partial charge in [0.2, 0.25) is 0 Å². The lowest BCUT2D eigenvalue weighted by molar-refractivity contribution is -0.384. The molecule has 0 unspecified atom stereocenters. The molecule has 0 saturated carbocycles. The summed E-state index contributed by atoms with van der Waals surface area (Å²) >= 11 is 0. The fourth-order valence-electron chi connectivity index (χ4n) is 0.755. The Morgan fingerprint density at radius 3 is 2.00 bits per heavy atom. The first-order chi connectivity index (χ1) is 7.90. The molecule has 0 aliphatic rings. The van der Waals surface area contributed by atoms with Gasteiger partial charge in [-0.2, -0.15) is 0 Å². The topological polar surface area (TPSA) is 156 Å². The van der Waals surface area contributed by atoms with Gasteiger partial charge in [-0.1, -0.05) is 12.1 Å². The number of carboxylic acid groups (broad SMARTS) is 2. The lowest BCUT2D eigenvalue weighted by atomic mass is 10.3. The van der Waals surface area contributed by atoms with E-state index in [0.29, 0.717) is 5.69 Å². The maximum atomic E-state index is 10.3. The van der Waals surface area contributed by atoms with Crippen molar-refractivity contribution in [1.29, 1.82) is 0 Å². The molecule has 17 heavy (non-hydrogen) atoms. The van der Waals surface area contributed by atoms with E-state index >= 15 is 0 Å². The van der Waals surface area contributed by atoms with E-state index in [0.717, 1.165) is 0 Å². The molecule has 0 heterocycles. The average molecular weight is 243 g/mol. The molecule has 0 atom stereocenters. The Morgan fingerprint density at radius 2 is 1.71 bits per heavy atom. The van der Waals surface area contributed by atoms with E-state index in [1.54, 1.807) is 12.1 Å². The molecule has 0 bridgehead atoms. The van der Waals surface area contributed by atoms with E-state index in [9.17, 15) is 10.1 Å².